The number of aromatic hydroxyl groups is 1. The SMILES string of the molecule is CCC(CC)C(Oc1cc(F)ccc1F)C(C)OC(=O)CCC(C)C.COc1ccnc(C(N)=O)c1O. The highest BCUT2D eigenvalue weighted by molar-refractivity contribution is 5.94. The lowest BCUT2D eigenvalue weighted by molar-refractivity contribution is -0.155. The number of amides is 1. The summed E-state index contributed by atoms with van der Waals surface area (Å²) < 4.78 is 43.4. The number of ether oxygens (including phenoxy) is 3. The van der Waals surface area contributed by atoms with E-state index in [1.54, 1.807) is 6.92 Å². The van der Waals surface area contributed by atoms with Crippen LogP contribution in [0.1, 0.15) is 70.8 Å². The van der Waals surface area contributed by atoms with E-state index in [1.807, 2.05) is 27.7 Å². The number of benzene rings is 1. The topological polar surface area (TPSA) is 121 Å². The third-order valence-corrected chi connectivity index (χ3v) is 5.72. The summed E-state index contributed by atoms with van der Waals surface area (Å²) in [6, 6.07) is 4.54. The van der Waals surface area contributed by atoms with Crippen LogP contribution in [0.3, 0.4) is 0 Å². The van der Waals surface area contributed by atoms with Gasteiger partial charge in [-0.15, -0.1) is 0 Å². The summed E-state index contributed by atoms with van der Waals surface area (Å²) in [6.07, 6.45) is 2.91. The summed E-state index contributed by atoms with van der Waals surface area (Å²) in [7, 11) is 1.37. The summed E-state index contributed by atoms with van der Waals surface area (Å²) in [5.74, 6) is -2.09. The number of halogens is 2. The molecule has 1 heterocycles. The van der Waals surface area contributed by atoms with Gasteiger partial charge in [-0.05, 0) is 50.2 Å². The summed E-state index contributed by atoms with van der Waals surface area (Å²) in [6.45, 7) is 9.83. The molecule has 2 aromatic rings. The molecule has 0 spiro atoms. The van der Waals surface area contributed by atoms with Crippen molar-refractivity contribution in [3.8, 4) is 17.2 Å². The molecule has 2 unspecified atom stereocenters. The average molecular weight is 525 g/mol. The van der Waals surface area contributed by atoms with Gasteiger partial charge >= 0.3 is 5.97 Å². The number of nitrogens with zero attached hydrogens (tertiary/aromatic N) is 1. The lowest BCUT2D eigenvalue weighted by Crippen LogP contribution is -2.39. The van der Waals surface area contributed by atoms with Crippen molar-refractivity contribution in [1.29, 1.82) is 0 Å². The Morgan fingerprint density at radius 3 is 2.27 bits per heavy atom. The van der Waals surface area contributed by atoms with Crippen molar-refractivity contribution in [3.63, 3.8) is 0 Å². The molecule has 37 heavy (non-hydrogen) atoms. The molecule has 1 aromatic heterocycles. The normalized spacial score (nSPS) is 12.4. The Balaban J connectivity index is 0.000000474. The Morgan fingerprint density at radius 1 is 1.08 bits per heavy atom. The smallest absolute Gasteiger partial charge is 0.306 e. The van der Waals surface area contributed by atoms with Crippen LogP contribution in [0.5, 0.6) is 17.2 Å². The summed E-state index contributed by atoms with van der Waals surface area (Å²) in [5.41, 5.74) is 4.74. The van der Waals surface area contributed by atoms with Gasteiger partial charge in [0.15, 0.2) is 28.8 Å². The van der Waals surface area contributed by atoms with Gasteiger partial charge < -0.3 is 25.1 Å². The van der Waals surface area contributed by atoms with Crippen LogP contribution in [-0.2, 0) is 9.53 Å². The first-order chi connectivity index (χ1) is 17.4. The molecule has 0 aliphatic carbocycles. The maximum absolute atomic E-state index is 13.9. The third-order valence-electron chi connectivity index (χ3n) is 5.72. The summed E-state index contributed by atoms with van der Waals surface area (Å²) >= 11 is 0. The first-order valence-corrected chi connectivity index (χ1v) is 12.3. The lowest BCUT2D eigenvalue weighted by atomic mass is 9.93. The van der Waals surface area contributed by atoms with Crippen LogP contribution in [0, 0.1) is 23.5 Å². The number of primary amides is 1. The largest absolute Gasteiger partial charge is 0.503 e. The number of hydrogen-bond donors (Lipinski definition) is 2. The minimum Gasteiger partial charge on any atom is -0.503 e. The van der Waals surface area contributed by atoms with Gasteiger partial charge in [-0.1, -0.05) is 27.7 Å². The summed E-state index contributed by atoms with van der Waals surface area (Å²) in [4.78, 5) is 26.2. The number of carbonyl (C=O) groups excluding carboxylic acids is 2. The van der Waals surface area contributed by atoms with Gasteiger partial charge in [-0.2, -0.15) is 0 Å². The molecule has 0 saturated carbocycles. The summed E-state index contributed by atoms with van der Waals surface area (Å²) in [5, 5.41) is 9.27. The van der Waals surface area contributed by atoms with Gasteiger partial charge in [0, 0.05) is 24.8 Å². The first-order valence-electron chi connectivity index (χ1n) is 12.3. The zero-order chi connectivity index (χ0) is 28.1. The lowest BCUT2D eigenvalue weighted by Gasteiger charge is -2.31. The Hall–Kier alpha value is -3.43. The van der Waals surface area contributed by atoms with Crippen LogP contribution >= 0.6 is 0 Å². The van der Waals surface area contributed by atoms with Crippen molar-refractivity contribution in [2.24, 2.45) is 17.6 Å². The van der Waals surface area contributed by atoms with Crippen LogP contribution < -0.4 is 15.2 Å². The molecular weight excluding hydrogens is 486 g/mol. The highest BCUT2D eigenvalue weighted by atomic mass is 19.1. The molecule has 2 atom stereocenters. The van der Waals surface area contributed by atoms with Crippen molar-refractivity contribution in [1.82, 2.24) is 4.98 Å². The molecule has 0 saturated heterocycles. The quantitative estimate of drug-likeness (QED) is 0.356. The Kier molecular flexibility index (Phi) is 13.4. The van der Waals surface area contributed by atoms with E-state index < -0.39 is 29.7 Å². The molecule has 0 aliphatic heterocycles. The monoisotopic (exact) mass is 524 g/mol. The molecule has 206 valence electrons. The standard InChI is InChI=1S/C20H30F2O3.C7H8N2O3/c1-6-15(7-2)20(14(5)24-19(23)11-8-13(3)4)25-18-12-16(21)9-10-17(18)22;1-12-4-2-3-9-5(6(4)10)7(8)11/h9-10,12-15,20H,6-8,11H2,1-5H3;2-3,10H,1H3,(H2,8,11). The van der Waals surface area contributed by atoms with Crippen LogP contribution in [-0.4, -0.2) is 41.3 Å². The van der Waals surface area contributed by atoms with E-state index in [2.05, 4.69) is 4.98 Å². The van der Waals surface area contributed by atoms with E-state index in [-0.39, 0.29) is 34.8 Å². The van der Waals surface area contributed by atoms with E-state index in [1.165, 1.54) is 19.4 Å². The molecule has 1 amide bonds. The van der Waals surface area contributed by atoms with Gasteiger partial charge in [0.1, 0.15) is 18.0 Å². The van der Waals surface area contributed by atoms with Gasteiger partial charge in [0.05, 0.1) is 7.11 Å². The van der Waals surface area contributed by atoms with E-state index in [4.69, 9.17) is 19.9 Å². The molecule has 1 aromatic carbocycles. The molecular formula is C27H38F2N2O6. The van der Waals surface area contributed by atoms with E-state index >= 15 is 0 Å². The van der Waals surface area contributed by atoms with E-state index in [0.717, 1.165) is 37.5 Å². The molecule has 10 heteroatoms. The van der Waals surface area contributed by atoms with Crippen LogP contribution in [0.25, 0.3) is 0 Å². The number of hydrogen-bond acceptors (Lipinski definition) is 7. The Labute approximate surface area is 217 Å². The number of methoxy groups -OCH3 is 1. The second kappa shape index (κ2) is 15.6. The van der Waals surface area contributed by atoms with Crippen molar-refractivity contribution < 1.29 is 37.7 Å². The number of rotatable bonds is 12. The van der Waals surface area contributed by atoms with Gasteiger partial charge in [-0.25, -0.2) is 13.8 Å². The zero-order valence-electron chi connectivity index (χ0n) is 22.3. The minimum absolute atomic E-state index is 0.0653. The van der Waals surface area contributed by atoms with Crippen LogP contribution in [0.15, 0.2) is 30.5 Å². The minimum atomic E-state index is -0.786. The van der Waals surface area contributed by atoms with Crippen molar-refractivity contribution in [2.45, 2.75) is 72.5 Å². The Morgan fingerprint density at radius 2 is 1.73 bits per heavy atom. The van der Waals surface area contributed by atoms with Gasteiger partial charge in [0.2, 0.25) is 0 Å². The number of esters is 1. The second-order valence-corrected chi connectivity index (χ2v) is 8.94. The van der Waals surface area contributed by atoms with E-state index in [9.17, 15) is 23.5 Å². The zero-order valence-corrected chi connectivity index (χ0v) is 22.3. The molecule has 0 fully saturated rings. The number of carbonyl (C=O) groups is 2. The van der Waals surface area contributed by atoms with Crippen molar-refractivity contribution in [2.75, 3.05) is 7.11 Å². The first kappa shape index (κ1) is 31.6. The fourth-order valence-electron chi connectivity index (χ4n) is 3.56. The number of nitrogens with two attached hydrogens (primary N) is 1. The predicted octanol–water partition coefficient (Wildman–Crippen LogP) is 5.41. The van der Waals surface area contributed by atoms with Crippen molar-refractivity contribution >= 4 is 11.9 Å². The maximum atomic E-state index is 13.9. The van der Waals surface area contributed by atoms with Gasteiger partial charge in [0.25, 0.3) is 5.91 Å². The predicted molar refractivity (Wildman–Crippen MR) is 135 cm³/mol. The number of aromatic nitrogens is 1. The van der Waals surface area contributed by atoms with E-state index in [0.29, 0.717) is 12.3 Å². The second-order valence-electron chi connectivity index (χ2n) is 8.94. The molecule has 8 nitrogen and oxygen atoms in total. The van der Waals surface area contributed by atoms with Crippen molar-refractivity contribution in [3.05, 3.63) is 47.8 Å². The van der Waals surface area contributed by atoms with Crippen LogP contribution in [0.4, 0.5) is 8.78 Å². The molecule has 0 radical (unpaired) electrons. The van der Waals surface area contributed by atoms with Gasteiger partial charge in [-0.3, -0.25) is 9.59 Å². The molecule has 0 aliphatic rings. The number of pyridine rings is 1. The van der Waals surface area contributed by atoms with Crippen LogP contribution in [0.2, 0.25) is 0 Å². The fourth-order valence-corrected chi connectivity index (χ4v) is 3.56. The molecule has 0 bridgehead atoms. The fraction of sp³-hybridized carbons (Fsp3) is 0.519. The highest BCUT2D eigenvalue weighted by Gasteiger charge is 2.30. The average Bonchev–Trinajstić information content (AvgIpc) is 2.85. The molecule has 2 rings (SSSR count). The molecule has 3 N–H and O–H groups in total. The Bertz CT molecular complexity index is 1010. The maximum Gasteiger partial charge on any atom is 0.306 e. The highest BCUT2D eigenvalue weighted by Crippen LogP contribution is 2.28. The third kappa shape index (κ3) is 10.2.